The SMILES string of the molecule is C=CCO[C@@]12Oc3ccc(Oc4ccc5ccccc5c4)cc3[C@H]3[C@H](CCCCO)[C@@H](CCCCO)C=C(C(=NOCC)C[C@@H]1N(C)C(=O)OCCOCc1ccccc1)[C@H]32. The number of rotatable bonds is 21. The van der Waals surface area contributed by atoms with Gasteiger partial charge in [-0.25, -0.2) is 4.79 Å². The van der Waals surface area contributed by atoms with Crippen LogP contribution < -0.4 is 9.47 Å². The molecule has 4 aromatic rings. The van der Waals surface area contributed by atoms with E-state index in [1.54, 1.807) is 18.0 Å². The highest BCUT2D eigenvalue weighted by Crippen LogP contribution is 2.62. The molecular weight excluding hydrogens is 773 g/mol. The minimum Gasteiger partial charge on any atom is -0.459 e. The van der Waals surface area contributed by atoms with Gasteiger partial charge in [0.25, 0.3) is 0 Å². The first kappa shape index (κ1) is 43.9. The Morgan fingerprint density at radius 1 is 0.918 bits per heavy atom. The summed E-state index contributed by atoms with van der Waals surface area (Å²) < 4.78 is 32.5. The number of unbranched alkanes of at least 4 members (excludes halogenated alkanes) is 2. The first-order valence-corrected chi connectivity index (χ1v) is 21.8. The van der Waals surface area contributed by atoms with Crippen LogP contribution in [0.15, 0.2) is 120 Å². The minimum absolute atomic E-state index is 0.0620. The van der Waals surface area contributed by atoms with Crippen LogP contribution in [-0.4, -0.2) is 85.4 Å². The standard InChI is InChI=1S/C50H60N2O9/c1-4-27-58-50-46(52(3)49(55)57-29-28-56-34-35-15-7-6-8-16-35)33-44(51-59-5-2)42-31-38(19-11-13-25-53)41(20-12-14-26-54)47(48(42)50)43-32-40(23-24-45(43)61-50)60-39-22-21-36-17-9-10-18-37(36)30-39/h4,6-10,15-18,21-24,30-32,38,41,46-48,53-54H,1,5,11-14,19-20,25-29,33-34H2,2-3H3/t38-,41+,46-,47+,48+,50+/m0/s1. The molecule has 61 heavy (non-hydrogen) atoms. The Labute approximate surface area is 359 Å². The smallest absolute Gasteiger partial charge is 0.410 e. The zero-order chi connectivity index (χ0) is 42.6. The van der Waals surface area contributed by atoms with E-state index in [-0.39, 0.29) is 57.2 Å². The molecule has 11 nitrogen and oxygen atoms in total. The molecule has 324 valence electrons. The maximum atomic E-state index is 14.1. The van der Waals surface area contributed by atoms with Crippen LogP contribution in [0.5, 0.6) is 17.2 Å². The monoisotopic (exact) mass is 832 g/mol. The number of aliphatic hydroxyl groups excluding tert-OH is 2. The molecule has 11 heteroatoms. The Balaban J connectivity index is 1.30. The van der Waals surface area contributed by atoms with Gasteiger partial charge in [0, 0.05) is 38.2 Å². The van der Waals surface area contributed by atoms with Crippen molar-refractivity contribution in [2.75, 3.05) is 46.7 Å². The largest absolute Gasteiger partial charge is 0.459 e. The van der Waals surface area contributed by atoms with E-state index >= 15 is 0 Å². The van der Waals surface area contributed by atoms with E-state index < -0.39 is 23.8 Å². The Bertz CT molecular complexity index is 2140. The average Bonchev–Trinajstić information content (AvgIpc) is 3.28. The van der Waals surface area contributed by atoms with Crippen molar-refractivity contribution in [3.8, 4) is 17.2 Å². The number of amides is 1. The minimum atomic E-state index is -1.38. The van der Waals surface area contributed by atoms with Crippen LogP contribution in [-0.2, 0) is 25.7 Å². The third-order valence-electron chi connectivity index (χ3n) is 12.2. The number of carbonyl (C=O) groups excluding carboxylic acids is 1. The molecule has 0 radical (unpaired) electrons. The van der Waals surface area contributed by atoms with E-state index in [2.05, 4.69) is 36.9 Å². The van der Waals surface area contributed by atoms with Crippen LogP contribution in [0.1, 0.15) is 68.9 Å². The number of hydrogen-bond acceptors (Lipinski definition) is 10. The highest BCUT2D eigenvalue weighted by molar-refractivity contribution is 6.03. The third kappa shape index (κ3) is 9.97. The zero-order valence-corrected chi connectivity index (χ0v) is 35.5. The number of aliphatic hydroxyl groups is 2. The van der Waals surface area contributed by atoms with Gasteiger partial charge in [0.15, 0.2) is 0 Å². The Morgan fingerprint density at radius 2 is 1.66 bits per heavy atom. The van der Waals surface area contributed by atoms with Crippen LogP contribution in [0.3, 0.4) is 0 Å². The van der Waals surface area contributed by atoms with Gasteiger partial charge in [-0.2, -0.15) is 0 Å². The molecule has 2 aliphatic carbocycles. The number of nitrogens with zero attached hydrogens (tertiary/aromatic N) is 2. The van der Waals surface area contributed by atoms with E-state index in [1.807, 2.05) is 73.7 Å². The van der Waals surface area contributed by atoms with Crippen molar-refractivity contribution in [3.63, 3.8) is 0 Å². The van der Waals surface area contributed by atoms with Crippen LogP contribution in [0.25, 0.3) is 10.8 Å². The van der Waals surface area contributed by atoms with Crippen molar-refractivity contribution in [2.45, 2.75) is 76.2 Å². The molecule has 0 spiro atoms. The van der Waals surface area contributed by atoms with Crippen LogP contribution in [0, 0.1) is 17.8 Å². The molecule has 0 unspecified atom stereocenters. The van der Waals surface area contributed by atoms with E-state index in [1.165, 1.54) is 0 Å². The van der Waals surface area contributed by atoms with E-state index in [0.717, 1.165) is 64.6 Å². The topological polar surface area (TPSA) is 129 Å². The Kier molecular flexibility index (Phi) is 15.1. The number of allylic oxidation sites excluding steroid dienone is 1. The highest BCUT2D eigenvalue weighted by Gasteiger charge is 2.65. The first-order valence-electron chi connectivity index (χ1n) is 21.8. The molecule has 0 bridgehead atoms. The van der Waals surface area contributed by atoms with Gasteiger partial charge in [0.2, 0.25) is 5.79 Å². The first-order chi connectivity index (χ1) is 29.9. The molecule has 0 saturated heterocycles. The molecule has 3 aliphatic rings. The highest BCUT2D eigenvalue weighted by atomic mass is 16.7. The fourth-order valence-electron chi connectivity index (χ4n) is 9.48. The molecule has 0 aromatic heterocycles. The van der Waals surface area contributed by atoms with Crippen LogP contribution in [0.2, 0.25) is 0 Å². The summed E-state index contributed by atoms with van der Waals surface area (Å²) in [7, 11) is 1.72. The summed E-state index contributed by atoms with van der Waals surface area (Å²) in [5, 5.41) is 26.7. The molecule has 1 aliphatic heterocycles. The van der Waals surface area contributed by atoms with Crippen molar-refractivity contribution in [1.29, 1.82) is 0 Å². The molecule has 1 saturated carbocycles. The predicted octanol–water partition coefficient (Wildman–Crippen LogP) is 9.57. The lowest BCUT2D eigenvalue weighted by atomic mass is 9.55. The molecular formula is C50H60N2O9. The lowest BCUT2D eigenvalue weighted by molar-refractivity contribution is -0.253. The summed E-state index contributed by atoms with van der Waals surface area (Å²) in [6, 6.07) is 29.4. The third-order valence-corrected chi connectivity index (χ3v) is 12.2. The molecule has 4 aromatic carbocycles. The maximum Gasteiger partial charge on any atom is 0.410 e. The van der Waals surface area contributed by atoms with E-state index in [4.69, 9.17) is 33.7 Å². The summed E-state index contributed by atoms with van der Waals surface area (Å²) in [5.41, 5.74) is 3.70. The molecule has 1 fully saturated rings. The second kappa shape index (κ2) is 21.1. The summed E-state index contributed by atoms with van der Waals surface area (Å²) in [5.74, 6) is 0.219. The van der Waals surface area contributed by atoms with Gasteiger partial charge >= 0.3 is 6.09 Å². The van der Waals surface area contributed by atoms with Gasteiger partial charge in [-0.15, -0.1) is 6.58 Å². The van der Waals surface area contributed by atoms with Gasteiger partial charge in [0.05, 0.1) is 31.5 Å². The fourth-order valence-corrected chi connectivity index (χ4v) is 9.48. The van der Waals surface area contributed by atoms with Gasteiger partial charge in [0.1, 0.15) is 36.5 Å². The van der Waals surface area contributed by atoms with Crippen LogP contribution in [0.4, 0.5) is 4.79 Å². The second-order valence-corrected chi connectivity index (χ2v) is 16.1. The predicted molar refractivity (Wildman–Crippen MR) is 236 cm³/mol. The molecule has 2 N–H and O–H groups in total. The van der Waals surface area contributed by atoms with Gasteiger partial charge in [-0.3, -0.25) is 0 Å². The Morgan fingerprint density at radius 3 is 2.43 bits per heavy atom. The van der Waals surface area contributed by atoms with Crippen molar-refractivity contribution >= 4 is 22.6 Å². The Hall–Kier alpha value is -5.20. The lowest BCUT2D eigenvalue weighted by Gasteiger charge is -2.59. The molecule has 1 heterocycles. The summed E-state index contributed by atoms with van der Waals surface area (Å²) >= 11 is 0. The quantitative estimate of drug-likeness (QED) is 0.0479. The number of hydrogen-bond donors (Lipinski definition) is 2. The van der Waals surface area contributed by atoms with Crippen molar-refractivity contribution in [3.05, 3.63) is 126 Å². The van der Waals surface area contributed by atoms with Crippen LogP contribution >= 0.6 is 0 Å². The van der Waals surface area contributed by atoms with Crippen molar-refractivity contribution in [2.24, 2.45) is 22.9 Å². The summed E-state index contributed by atoms with van der Waals surface area (Å²) in [6.45, 7) is 7.36. The van der Waals surface area contributed by atoms with Crippen molar-refractivity contribution in [1.82, 2.24) is 4.90 Å². The van der Waals surface area contributed by atoms with E-state index in [0.29, 0.717) is 37.6 Å². The number of benzene rings is 4. The zero-order valence-electron chi connectivity index (χ0n) is 35.5. The fraction of sp³-hybridized carbons (Fsp3) is 0.440. The second-order valence-electron chi connectivity index (χ2n) is 16.1. The average molecular weight is 833 g/mol. The molecule has 1 amide bonds. The van der Waals surface area contributed by atoms with Gasteiger partial charge in [-0.05, 0) is 96.7 Å². The number of oxime groups is 1. The summed E-state index contributed by atoms with van der Waals surface area (Å²) in [4.78, 5) is 21.5. The number of ether oxygens (including phenoxy) is 5. The molecule has 6 atom stereocenters. The van der Waals surface area contributed by atoms with Gasteiger partial charge < -0.3 is 43.6 Å². The van der Waals surface area contributed by atoms with E-state index in [9.17, 15) is 15.0 Å². The van der Waals surface area contributed by atoms with Crippen molar-refractivity contribution < 1.29 is 43.5 Å². The number of fused-ring (bicyclic) bond motifs is 3. The van der Waals surface area contributed by atoms with Gasteiger partial charge in [-0.1, -0.05) is 90.8 Å². The summed E-state index contributed by atoms with van der Waals surface area (Å²) in [6.07, 6.45) is 8.47. The normalized spacial score (nSPS) is 23.3. The maximum absolute atomic E-state index is 14.1. The lowest BCUT2D eigenvalue weighted by Crippen LogP contribution is -2.69. The molecule has 7 rings (SSSR count). The number of likely N-dealkylation sites (N-methyl/N-ethyl adjacent to an activating group) is 1. The number of carbonyl (C=O) groups is 1.